The van der Waals surface area contributed by atoms with E-state index in [1.165, 1.54) is 0 Å². The number of esters is 2. The van der Waals surface area contributed by atoms with E-state index in [4.69, 9.17) is 13.9 Å². The Bertz CT molecular complexity index is 993. The topological polar surface area (TPSA) is 91.5 Å². The Balaban J connectivity index is 1.72. The van der Waals surface area contributed by atoms with E-state index in [1.807, 2.05) is 0 Å². The van der Waals surface area contributed by atoms with E-state index in [0.29, 0.717) is 45.6 Å². The summed E-state index contributed by atoms with van der Waals surface area (Å²) in [5.74, 6) is 0.430. The van der Waals surface area contributed by atoms with Gasteiger partial charge in [-0.25, -0.2) is 9.59 Å². The van der Waals surface area contributed by atoms with Crippen molar-refractivity contribution in [3.8, 4) is 34.4 Å². The van der Waals surface area contributed by atoms with E-state index >= 15 is 0 Å². The van der Waals surface area contributed by atoms with Gasteiger partial charge in [0.05, 0.1) is 0 Å². The molecule has 0 aliphatic carbocycles. The fourth-order valence-corrected chi connectivity index (χ4v) is 2.18. The van der Waals surface area contributed by atoms with Gasteiger partial charge in [0.2, 0.25) is 11.8 Å². The molecule has 1 heterocycles. The number of hydrogen-bond donors (Lipinski definition) is 0. The first-order valence-corrected chi connectivity index (χ1v) is 8.63. The zero-order valence-corrected chi connectivity index (χ0v) is 16.0. The van der Waals surface area contributed by atoms with Crippen LogP contribution in [-0.4, -0.2) is 22.1 Å². The van der Waals surface area contributed by atoms with E-state index < -0.39 is 11.9 Å². The van der Waals surface area contributed by atoms with Gasteiger partial charge < -0.3 is 13.9 Å². The van der Waals surface area contributed by atoms with Crippen molar-refractivity contribution in [2.45, 2.75) is 13.8 Å². The van der Waals surface area contributed by atoms with Gasteiger partial charge in [-0.15, -0.1) is 10.2 Å². The number of nitrogens with zero attached hydrogens (tertiary/aromatic N) is 2. The summed E-state index contributed by atoms with van der Waals surface area (Å²) in [6.07, 6.45) is 0. The molecule has 0 unspecified atom stereocenters. The number of ether oxygens (including phenoxy) is 2. The van der Waals surface area contributed by atoms with Crippen LogP contribution in [-0.2, 0) is 9.59 Å². The van der Waals surface area contributed by atoms with Crippen molar-refractivity contribution in [3.63, 3.8) is 0 Å². The standard InChI is InChI=1S/C22H18N2O5/c1-13(2)21(25)27-17-9-5-15(6-10-17)19-23-24-20(29-19)16-7-11-18(12-8-16)28-22(26)14(3)4/h5-12H,1,3H2,2,4H3. The fraction of sp³-hybridized carbons (Fsp3) is 0.0909. The molecule has 7 nitrogen and oxygen atoms in total. The Morgan fingerprint density at radius 3 is 1.38 bits per heavy atom. The van der Waals surface area contributed by atoms with Crippen LogP contribution in [0.25, 0.3) is 22.9 Å². The molecule has 2 aromatic carbocycles. The largest absolute Gasteiger partial charge is 0.423 e. The predicted molar refractivity (Wildman–Crippen MR) is 106 cm³/mol. The van der Waals surface area contributed by atoms with Crippen LogP contribution < -0.4 is 9.47 Å². The zero-order valence-electron chi connectivity index (χ0n) is 16.0. The van der Waals surface area contributed by atoms with Crippen LogP contribution >= 0.6 is 0 Å². The molecule has 0 atom stereocenters. The maximum absolute atomic E-state index is 11.5. The molecule has 0 saturated heterocycles. The molecule has 0 fully saturated rings. The Kier molecular flexibility index (Phi) is 5.69. The maximum Gasteiger partial charge on any atom is 0.338 e. The summed E-state index contributed by atoms with van der Waals surface area (Å²) in [6, 6.07) is 13.3. The third-order valence-corrected chi connectivity index (χ3v) is 3.75. The van der Waals surface area contributed by atoms with Crippen molar-refractivity contribution < 1.29 is 23.5 Å². The minimum atomic E-state index is -0.491. The molecule has 3 aromatic rings. The van der Waals surface area contributed by atoms with Crippen molar-refractivity contribution in [2.75, 3.05) is 0 Å². The van der Waals surface area contributed by atoms with Crippen molar-refractivity contribution >= 4 is 11.9 Å². The lowest BCUT2D eigenvalue weighted by Crippen LogP contribution is -2.07. The molecule has 0 saturated carbocycles. The van der Waals surface area contributed by atoms with Crippen LogP contribution in [0.5, 0.6) is 11.5 Å². The first-order valence-electron chi connectivity index (χ1n) is 8.63. The van der Waals surface area contributed by atoms with Crippen LogP contribution in [0, 0.1) is 0 Å². The Morgan fingerprint density at radius 2 is 1.07 bits per heavy atom. The van der Waals surface area contributed by atoms with E-state index in [0.717, 1.165) is 0 Å². The molecule has 0 aliphatic rings. The molecule has 29 heavy (non-hydrogen) atoms. The predicted octanol–water partition coefficient (Wildman–Crippen LogP) is 4.37. The zero-order chi connectivity index (χ0) is 21.0. The van der Waals surface area contributed by atoms with Gasteiger partial charge in [0, 0.05) is 22.3 Å². The van der Waals surface area contributed by atoms with Crippen molar-refractivity contribution in [2.24, 2.45) is 0 Å². The SMILES string of the molecule is C=C(C)C(=O)Oc1ccc(-c2nnc(-c3ccc(OC(=O)C(=C)C)cc3)o2)cc1. The molecule has 0 N–H and O–H groups in total. The van der Waals surface area contributed by atoms with Crippen LogP contribution in [0.15, 0.2) is 77.3 Å². The summed E-state index contributed by atoms with van der Waals surface area (Å²) in [5.41, 5.74) is 1.98. The molecule has 0 aliphatic heterocycles. The lowest BCUT2D eigenvalue weighted by atomic mass is 10.2. The lowest BCUT2D eigenvalue weighted by Gasteiger charge is -2.04. The second-order valence-corrected chi connectivity index (χ2v) is 6.30. The molecule has 7 heteroatoms. The molecule has 0 bridgehead atoms. The number of hydrogen-bond acceptors (Lipinski definition) is 7. The molecule has 0 spiro atoms. The number of rotatable bonds is 6. The highest BCUT2D eigenvalue weighted by Gasteiger charge is 2.12. The van der Waals surface area contributed by atoms with E-state index in [9.17, 15) is 9.59 Å². The second-order valence-electron chi connectivity index (χ2n) is 6.30. The Hall–Kier alpha value is -4.00. The number of aromatic nitrogens is 2. The second kappa shape index (κ2) is 8.35. The van der Waals surface area contributed by atoms with Gasteiger partial charge in [-0.2, -0.15) is 0 Å². The molecule has 0 amide bonds. The Morgan fingerprint density at radius 1 is 0.724 bits per heavy atom. The molecule has 146 valence electrons. The van der Waals surface area contributed by atoms with Gasteiger partial charge in [0.15, 0.2) is 0 Å². The third kappa shape index (κ3) is 4.84. The van der Waals surface area contributed by atoms with E-state index in [-0.39, 0.29) is 0 Å². The highest BCUT2D eigenvalue weighted by Crippen LogP contribution is 2.27. The lowest BCUT2D eigenvalue weighted by molar-refractivity contribution is -0.130. The van der Waals surface area contributed by atoms with Gasteiger partial charge in [-0.1, -0.05) is 13.2 Å². The Labute approximate surface area is 167 Å². The maximum atomic E-state index is 11.5. The highest BCUT2D eigenvalue weighted by atomic mass is 16.5. The smallest absolute Gasteiger partial charge is 0.338 e. The third-order valence-electron chi connectivity index (χ3n) is 3.75. The number of carbonyl (C=O) groups is 2. The minimum Gasteiger partial charge on any atom is -0.423 e. The molecule has 3 rings (SSSR count). The van der Waals surface area contributed by atoms with Gasteiger partial charge in [0.1, 0.15) is 11.5 Å². The molecular weight excluding hydrogens is 372 g/mol. The quantitative estimate of drug-likeness (QED) is 0.351. The van der Waals surface area contributed by atoms with Crippen molar-refractivity contribution in [3.05, 3.63) is 72.8 Å². The summed E-state index contributed by atoms with van der Waals surface area (Å²) in [5, 5.41) is 8.08. The highest BCUT2D eigenvalue weighted by molar-refractivity contribution is 5.89. The molecular formula is C22H18N2O5. The average Bonchev–Trinajstić information content (AvgIpc) is 3.19. The van der Waals surface area contributed by atoms with Crippen molar-refractivity contribution in [1.29, 1.82) is 0 Å². The van der Waals surface area contributed by atoms with Crippen LogP contribution in [0.1, 0.15) is 13.8 Å². The van der Waals surface area contributed by atoms with E-state index in [2.05, 4.69) is 23.4 Å². The molecule has 1 aromatic heterocycles. The summed E-state index contributed by atoms with van der Waals surface area (Å²) >= 11 is 0. The summed E-state index contributed by atoms with van der Waals surface area (Å²) in [6.45, 7) is 10.2. The van der Waals surface area contributed by atoms with Crippen LogP contribution in [0.2, 0.25) is 0 Å². The first-order chi connectivity index (χ1) is 13.8. The van der Waals surface area contributed by atoms with E-state index in [1.54, 1.807) is 62.4 Å². The van der Waals surface area contributed by atoms with Gasteiger partial charge >= 0.3 is 11.9 Å². The number of carbonyl (C=O) groups excluding carboxylic acids is 2. The fourth-order valence-electron chi connectivity index (χ4n) is 2.18. The monoisotopic (exact) mass is 390 g/mol. The summed E-state index contributed by atoms with van der Waals surface area (Å²) in [4.78, 5) is 23.1. The molecule has 0 radical (unpaired) electrons. The van der Waals surface area contributed by atoms with Crippen LogP contribution in [0.4, 0.5) is 0 Å². The number of benzene rings is 2. The average molecular weight is 390 g/mol. The van der Waals surface area contributed by atoms with Crippen LogP contribution in [0.3, 0.4) is 0 Å². The summed E-state index contributed by atoms with van der Waals surface area (Å²) < 4.78 is 16.0. The van der Waals surface area contributed by atoms with Crippen molar-refractivity contribution in [1.82, 2.24) is 10.2 Å². The first kappa shape index (κ1) is 19.8. The van der Waals surface area contributed by atoms with Gasteiger partial charge in [-0.05, 0) is 62.4 Å². The van der Waals surface area contributed by atoms with Gasteiger partial charge in [-0.3, -0.25) is 0 Å². The summed E-state index contributed by atoms with van der Waals surface area (Å²) in [7, 11) is 0. The normalized spacial score (nSPS) is 10.3. The van der Waals surface area contributed by atoms with Gasteiger partial charge in [0.25, 0.3) is 0 Å². The minimum absolute atomic E-state index is 0.315.